The molecule has 0 aliphatic carbocycles. The lowest BCUT2D eigenvalue weighted by molar-refractivity contribution is 0.146. The van der Waals surface area contributed by atoms with Gasteiger partial charge in [-0.3, -0.25) is 0 Å². The number of piperidine rings is 1. The fourth-order valence-corrected chi connectivity index (χ4v) is 3.52. The third-order valence-electron chi connectivity index (χ3n) is 3.15. The Hall–Kier alpha value is 0.390. The van der Waals surface area contributed by atoms with Gasteiger partial charge in [0, 0.05) is 17.6 Å². The number of halogens is 1. The van der Waals surface area contributed by atoms with Crippen LogP contribution in [0.25, 0.3) is 0 Å². The highest BCUT2D eigenvalue weighted by Gasteiger charge is 2.21. The molecular weight excluding hydrogens is 290 g/mol. The zero-order chi connectivity index (χ0) is 12.0. The Bertz CT molecular complexity index is 290. The molecule has 96 valence electrons. The first kappa shape index (κ1) is 14.5. The van der Waals surface area contributed by atoms with Crippen molar-refractivity contribution in [2.45, 2.75) is 38.1 Å². The van der Waals surface area contributed by atoms with Crippen LogP contribution in [0.2, 0.25) is 0 Å². The molecule has 0 aromatic rings. The quantitative estimate of drug-likeness (QED) is 0.705. The fraction of sp³-hybridized carbons (Fsp3) is 1.00. The predicted octanol–water partition coefficient (Wildman–Crippen LogP) is 2.06. The van der Waals surface area contributed by atoms with E-state index in [2.05, 4.69) is 20.8 Å². The molecule has 1 aliphatic rings. The standard InChI is InChI=1S/C11H22BrNO2S/c1-16(14,15)10-4-9-13-8-3-2-5-11(13)6-7-12/h11H,2-10H2,1H3. The molecule has 1 heterocycles. The van der Waals surface area contributed by atoms with Crippen molar-refractivity contribution in [3.8, 4) is 0 Å². The van der Waals surface area contributed by atoms with Crippen molar-refractivity contribution < 1.29 is 8.42 Å². The molecule has 1 saturated heterocycles. The lowest BCUT2D eigenvalue weighted by Crippen LogP contribution is -2.40. The van der Waals surface area contributed by atoms with E-state index in [-0.39, 0.29) is 0 Å². The van der Waals surface area contributed by atoms with E-state index >= 15 is 0 Å². The molecule has 1 rings (SSSR count). The Labute approximate surface area is 108 Å². The second-order valence-electron chi connectivity index (χ2n) is 4.65. The maximum absolute atomic E-state index is 11.1. The summed E-state index contributed by atoms with van der Waals surface area (Å²) in [6.07, 6.45) is 7.12. The molecule has 5 heteroatoms. The average Bonchev–Trinajstić information content (AvgIpc) is 2.19. The highest BCUT2D eigenvalue weighted by molar-refractivity contribution is 9.09. The van der Waals surface area contributed by atoms with Crippen molar-refractivity contribution in [1.82, 2.24) is 4.90 Å². The van der Waals surface area contributed by atoms with E-state index in [0.29, 0.717) is 11.8 Å². The molecule has 3 nitrogen and oxygen atoms in total. The largest absolute Gasteiger partial charge is 0.300 e. The van der Waals surface area contributed by atoms with Crippen LogP contribution in [0.15, 0.2) is 0 Å². The summed E-state index contributed by atoms with van der Waals surface area (Å²) in [6.45, 7) is 2.08. The van der Waals surface area contributed by atoms with Crippen LogP contribution >= 0.6 is 15.9 Å². The first-order valence-corrected chi connectivity index (χ1v) is 9.19. The summed E-state index contributed by atoms with van der Waals surface area (Å²) >= 11 is 3.49. The lowest BCUT2D eigenvalue weighted by atomic mass is 10.00. The normalized spacial score (nSPS) is 23.5. The van der Waals surface area contributed by atoms with Gasteiger partial charge in [0.25, 0.3) is 0 Å². The summed E-state index contributed by atoms with van der Waals surface area (Å²) in [5.41, 5.74) is 0. The molecular formula is C11H22BrNO2S. The minimum Gasteiger partial charge on any atom is -0.300 e. The zero-order valence-electron chi connectivity index (χ0n) is 9.99. The predicted molar refractivity (Wildman–Crippen MR) is 72.0 cm³/mol. The minimum atomic E-state index is -2.79. The molecule has 16 heavy (non-hydrogen) atoms. The Morgan fingerprint density at radius 3 is 2.75 bits per heavy atom. The topological polar surface area (TPSA) is 37.4 Å². The highest BCUT2D eigenvalue weighted by Crippen LogP contribution is 2.20. The van der Waals surface area contributed by atoms with E-state index in [9.17, 15) is 8.42 Å². The molecule has 0 N–H and O–H groups in total. The number of likely N-dealkylation sites (tertiary alicyclic amines) is 1. The Balaban J connectivity index is 2.32. The first-order valence-electron chi connectivity index (χ1n) is 6.00. The van der Waals surface area contributed by atoms with Crippen LogP contribution in [0, 0.1) is 0 Å². The van der Waals surface area contributed by atoms with Gasteiger partial charge in [0.05, 0.1) is 5.75 Å². The maximum atomic E-state index is 11.1. The van der Waals surface area contributed by atoms with E-state index in [1.807, 2.05) is 0 Å². The van der Waals surface area contributed by atoms with Gasteiger partial charge in [-0.05, 0) is 38.8 Å². The minimum absolute atomic E-state index is 0.324. The number of sulfone groups is 1. The van der Waals surface area contributed by atoms with Crippen molar-refractivity contribution in [3.05, 3.63) is 0 Å². The molecule has 0 amide bonds. The van der Waals surface area contributed by atoms with Crippen LogP contribution in [0.5, 0.6) is 0 Å². The molecule has 0 aromatic carbocycles. The molecule has 0 aromatic heterocycles. The average molecular weight is 312 g/mol. The summed E-state index contributed by atoms with van der Waals surface area (Å²) in [6, 6.07) is 0.660. The molecule has 0 spiro atoms. The van der Waals surface area contributed by atoms with Gasteiger partial charge in [0.2, 0.25) is 0 Å². The summed E-state index contributed by atoms with van der Waals surface area (Å²) in [5, 5.41) is 1.04. The first-order chi connectivity index (χ1) is 7.53. The highest BCUT2D eigenvalue weighted by atomic mass is 79.9. The van der Waals surface area contributed by atoms with Crippen LogP contribution in [-0.2, 0) is 9.84 Å². The molecule has 0 saturated carbocycles. The second-order valence-corrected chi connectivity index (χ2v) is 7.70. The molecule has 0 radical (unpaired) electrons. The molecule has 1 aliphatic heterocycles. The van der Waals surface area contributed by atoms with Crippen molar-refractivity contribution in [1.29, 1.82) is 0 Å². The third kappa shape index (κ3) is 5.64. The molecule has 1 atom stereocenters. The monoisotopic (exact) mass is 311 g/mol. The van der Waals surface area contributed by atoms with Crippen molar-refractivity contribution in [2.24, 2.45) is 0 Å². The summed E-state index contributed by atoms with van der Waals surface area (Å²) in [7, 11) is -2.79. The Kier molecular flexibility index (Phi) is 6.29. The number of alkyl halides is 1. The number of hydrogen-bond donors (Lipinski definition) is 0. The summed E-state index contributed by atoms with van der Waals surface area (Å²) < 4.78 is 22.1. The van der Waals surface area contributed by atoms with Crippen molar-refractivity contribution >= 4 is 25.8 Å². The van der Waals surface area contributed by atoms with Gasteiger partial charge in [-0.1, -0.05) is 22.4 Å². The third-order valence-corrected chi connectivity index (χ3v) is 4.64. The number of rotatable bonds is 6. The lowest BCUT2D eigenvalue weighted by Gasteiger charge is -2.35. The van der Waals surface area contributed by atoms with E-state index in [1.165, 1.54) is 31.9 Å². The van der Waals surface area contributed by atoms with E-state index in [1.54, 1.807) is 0 Å². The van der Waals surface area contributed by atoms with Gasteiger partial charge in [0.15, 0.2) is 0 Å². The zero-order valence-corrected chi connectivity index (χ0v) is 12.4. The van der Waals surface area contributed by atoms with Gasteiger partial charge in [-0.25, -0.2) is 8.42 Å². The van der Waals surface area contributed by atoms with Crippen LogP contribution < -0.4 is 0 Å². The SMILES string of the molecule is CS(=O)(=O)CCCN1CCCCC1CCBr. The van der Waals surface area contributed by atoms with Crippen molar-refractivity contribution in [2.75, 3.05) is 30.4 Å². The van der Waals surface area contributed by atoms with E-state index < -0.39 is 9.84 Å². The maximum Gasteiger partial charge on any atom is 0.147 e. The van der Waals surface area contributed by atoms with Crippen LogP contribution in [0.3, 0.4) is 0 Å². The van der Waals surface area contributed by atoms with Gasteiger partial charge < -0.3 is 4.90 Å². The van der Waals surface area contributed by atoms with E-state index in [4.69, 9.17) is 0 Å². The summed E-state index contributed by atoms with van der Waals surface area (Å²) in [4.78, 5) is 2.47. The van der Waals surface area contributed by atoms with Crippen LogP contribution in [0.4, 0.5) is 0 Å². The fourth-order valence-electron chi connectivity index (χ4n) is 2.34. The molecule has 1 unspecified atom stereocenters. The number of nitrogens with zero attached hydrogens (tertiary/aromatic N) is 1. The molecule has 1 fully saturated rings. The van der Waals surface area contributed by atoms with Crippen LogP contribution in [-0.4, -0.2) is 49.8 Å². The number of hydrogen-bond acceptors (Lipinski definition) is 3. The summed E-state index contributed by atoms with van der Waals surface area (Å²) in [5.74, 6) is 0.324. The van der Waals surface area contributed by atoms with Gasteiger partial charge in [-0.2, -0.15) is 0 Å². The Morgan fingerprint density at radius 1 is 1.38 bits per heavy atom. The van der Waals surface area contributed by atoms with Crippen LogP contribution in [0.1, 0.15) is 32.1 Å². The van der Waals surface area contributed by atoms with Gasteiger partial charge >= 0.3 is 0 Å². The van der Waals surface area contributed by atoms with Gasteiger partial charge in [0.1, 0.15) is 9.84 Å². The molecule has 0 bridgehead atoms. The Morgan fingerprint density at radius 2 is 2.12 bits per heavy atom. The second kappa shape index (κ2) is 6.97. The van der Waals surface area contributed by atoms with Crippen molar-refractivity contribution in [3.63, 3.8) is 0 Å². The van der Waals surface area contributed by atoms with Gasteiger partial charge in [-0.15, -0.1) is 0 Å². The van der Waals surface area contributed by atoms with E-state index in [0.717, 1.165) is 24.8 Å². The smallest absolute Gasteiger partial charge is 0.147 e.